The van der Waals surface area contributed by atoms with E-state index in [0.717, 1.165) is 24.3 Å². The molecule has 0 amide bonds. The van der Waals surface area contributed by atoms with Crippen molar-refractivity contribution in [2.75, 3.05) is 6.54 Å². The molecular formula is C17H27NOS. The molecule has 1 saturated carbocycles. The minimum atomic E-state index is -0.856. The van der Waals surface area contributed by atoms with E-state index in [1.54, 1.807) is 0 Å². The first-order valence-electron chi connectivity index (χ1n) is 7.83. The molecule has 112 valence electrons. The van der Waals surface area contributed by atoms with Crippen LogP contribution < -0.4 is 5.32 Å². The van der Waals surface area contributed by atoms with Crippen LogP contribution in [0.4, 0.5) is 0 Å². The monoisotopic (exact) mass is 293 g/mol. The van der Waals surface area contributed by atoms with Crippen LogP contribution in [0.1, 0.15) is 50.2 Å². The summed E-state index contributed by atoms with van der Waals surface area (Å²) in [6, 6.07) is 6.84. The zero-order valence-electron chi connectivity index (χ0n) is 12.9. The SMILES string of the molecule is CCCNC1CCCC(S(=O)c2ccc(C)cc2C)C1. The molecule has 1 fully saturated rings. The van der Waals surface area contributed by atoms with Crippen LogP contribution in [0, 0.1) is 13.8 Å². The Morgan fingerprint density at radius 3 is 2.80 bits per heavy atom. The van der Waals surface area contributed by atoms with Gasteiger partial charge in [0.1, 0.15) is 0 Å². The van der Waals surface area contributed by atoms with Crippen molar-refractivity contribution in [1.29, 1.82) is 0 Å². The van der Waals surface area contributed by atoms with Crippen LogP contribution >= 0.6 is 0 Å². The number of hydrogen-bond acceptors (Lipinski definition) is 2. The third-order valence-corrected chi connectivity index (χ3v) is 6.08. The molecular weight excluding hydrogens is 266 g/mol. The molecule has 2 rings (SSSR count). The second-order valence-corrected chi connectivity index (χ2v) is 7.71. The Morgan fingerprint density at radius 1 is 1.30 bits per heavy atom. The van der Waals surface area contributed by atoms with Crippen LogP contribution in [-0.2, 0) is 10.8 Å². The quantitative estimate of drug-likeness (QED) is 0.896. The normalized spacial score (nSPS) is 24.6. The number of benzene rings is 1. The van der Waals surface area contributed by atoms with Crippen LogP contribution in [0.25, 0.3) is 0 Å². The van der Waals surface area contributed by atoms with Crippen LogP contribution in [0.5, 0.6) is 0 Å². The summed E-state index contributed by atoms with van der Waals surface area (Å²) >= 11 is 0. The molecule has 1 aliphatic rings. The van der Waals surface area contributed by atoms with Crippen LogP contribution in [0.2, 0.25) is 0 Å². The lowest BCUT2D eigenvalue weighted by molar-refractivity contribution is 0.377. The third-order valence-electron chi connectivity index (χ3n) is 4.16. The fraction of sp³-hybridized carbons (Fsp3) is 0.647. The number of hydrogen-bond donors (Lipinski definition) is 1. The molecule has 0 heterocycles. The van der Waals surface area contributed by atoms with Crippen LogP contribution in [-0.4, -0.2) is 22.0 Å². The molecule has 1 aliphatic carbocycles. The van der Waals surface area contributed by atoms with Gasteiger partial charge in [-0.3, -0.25) is 4.21 Å². The lowest BCUT2D eigenvalue weighted by atomic mass is 9.95. The molecule has 0 spiro atoms. The zero-order valence-corrected chi connectivity index (χ0v) is 13.8. The fourth-order valence-electron chi connectivity index (χ4n) is 3.08. The molecule has 3 atom stereocenters. The average molecular weight is 293 g/mol. The van der Waals surface area contributed by atoms with Gasteiger partial charge in [-0.05, 0) is 57.7 Å². The Balaban J connectivity index is 2.04. The third kappa shape index (κ3) is 3.92. The van der Waals surface area contributed by atoms with Gasteiger partial charge >= 0.3 is 0 Å². The summed E-state index contributed by atoms with van der Waals surface area (Å²) in [4.78, 5) is 1.04. The Hall–Kier alpha value is -0.670. The average Bonchev–Trinajstić information content (AvgIpc) is 2.45. The molecule has 1 aromatic rings. The highest BCUT2D eigenvalue weighted by Gasteiger charge is 2.27. The Labute approximate surface area is 125 Å². The number of aryl methyl sites for hydroxylation is 2. The van der Waals surface area contributed by atoms with Gasteiger partial charge in [-0.2, -0.15) is 0 Å². The van der Waals surface area contributed by atoms with Crippen molar-refractivity contribution in [2.45, 2.75) is 69.1 Å². The van der Waals surface area contributed by atoms with Crippen molar-refractivity contribution in [3.63, 3.8) is 0 Å². The van der Waals surface area contributed by atoms with Crippen molar-refractivity contribution in [2.24, 2.45) is 0 Å². The molecule has 0 bridgehead atoms. The van der Waals surface area contributed by atoms with E-state index < -0.39 is 10.8 Å². The summed E-state index contributed by atoms with van der Waals surface area (Å²) in [7, 11) is -0.856. The minimum Gasteiger partial charge on any atom is -0.314 e. The van der Waals surface area contributed by atoms with E-state index in [9.17, 15) is 4.21 Å². The van der Waals surface area contributed by atoms with Gasteiger partial charge in [0, 0.05) is 16.2 Å². The zero-order chi connectivity index (χ0) is 14.5. The molecule has 1 aromatic carbocycles. The van der Waals surface area contributed by atoms with Gasteiger partial charge in [0.25, 0.3) is 0 Å². The highest BCUT2D eigenvalue weighted by Crippen LogP contribution is 2.28. The maximum Gasteiger partial charge on any atom is 0.0564 e. The molecule has 3 unspecified atom stereocenters. The summed E-state index contributed by atoms with van der Waals surface area (Å²) in [6.45, 7) is 7.44. The van der Waals surface area contributed by atoms with Gasteiger partial charge in [0.15, 0.2) is 0 Å². The van der Waals surface area contributed by atoms with Crippen LogP contribution in [0.15, 0.2) is 23.1 Å². The molecule has 1 N–H and O–H groups in total. The Kier molecular flexibility index (Phi) is 5.79. The van der Waals surface area contributed by atoms with Gasteiger partial charge in [-0.15, -0.1) is 0 Å². The molecule has 0 saturated heterocycles. The fourth-order valence-corrected chi connectivity index (χ4v) is 4.80. The van der Waals surface area contributed by atoms with Crippen molar-refractivity contribution in [3.8, 4) is 0 Å². The smallest absolute Gasteiger partial charge is 0.0564 e. The molecule has 0 aliphatic heterocycles. The van der Waals surface area contributed by atoms with E-state index in [1.165, 1.54) is 30.4 Å². The van der Waals surface area contributed by atoms with E-state index in [2.05, 4.69) is 44.3 Å². The maximum absolute atomic E-state index is 12.8. The lowest BCUT2D eigenvalue weighted by Crippen LogP contribution is -2.38. The van der Waals surface area contributed by atoms with Crippen molar-refractivity contribution < 1.29 is 4.21 Å². The second kappa shape index (κ2) is 7.37. The van der Waals surface area contributed by atoms with E-state index in [1.807, 2.05) is 0 Å². The topological polar surface area (TPSA) is 29.1 Å². The van der Waals surface area contributed by atoms with E-state index in [0.29, 0.717) is 11.3 Å². The van der Waals surface area contributed by atoms with E-state index in [-0.39, 0.29) is 0 Å². The van der Waals surface area contributed by atoms with Gasteiger partial charge < -0.3 is 5.32 Å². The Morgan fingerprint density at radius 2 is 2.10 bits per heavy atom. The highest BCUT2D eigenvalue weighted by molar-refractivity contribution is 7.85. The predicted octanol–water partition coefficient (Wildman–Crippen LogP) is 3.72. The first-order chi connectivity index (χ1) is 9.61. The molecule has 0 aromatic heterocycles. The molecule has 0 radical (unpaired) electrons. The summed E-state index contributed by atoms with van der Waals surface area (Å²) in [5, 5.41) is 3.92. The molecule has 2 nitrogen and oxygen atoms in total. The standard InChI is InChI=1S/C17H27NOS/c1-4-10-18-15-6-5-7-16(12-15)20(19)17-9-8-13(2)11-14(17)3/h8-9,11,15-16,18H,4-7,10,12H2,1-3H3. The Bertz CT molecular complexity index is 472. The van der Waals surface area contributed by atoms with Gasteiger partial charge in [0.05, 0.1) is 10.8 Å². The van der Waals surface area contributed by atoms with E-state index in [4.69, 9.17) is 0 Å². The number of nitrogens with one attached hydrogen (secondary N) is 1. The van der Waals surface area contributed by atoms with Crippen molar-refractivity contribution in [1.82, 2.24) is 5.32 Å². The lowest BCUT2D eigenvalue weighted by Gasteiger charge is -2.29. The first kappa shape index (κ1) is 15.7. The van der Waals surface area contributed by atoms with Gasteiger partial charge in [0.2, 0.25) is 0 Å². The van der Waals surface area contributed by atoms with Gasteiger partial charge in [-0.25, -0.2) is 0 Å². The van der Waals surface area contributed by atoms with Gasteiger partial charge in [-0.1, -0.05) is 31.0 Å². The summed E-state index contributed by atoms with van der Waals surface area (Å²) in [5.41, 5.74) is 2.42. The second-order valence-electron chi connectivity index (χ2n) is 6.01. The predicted molar refractivity (Wildman–Crippen MR) is 86.7 cm³/mol. The summed E-state index contributed by atoms with van der Waals surface area (Å²) in [6.07, 6.45) is 5.76. The number of rotatable bonds is 5. The largest absolute Gasteiger partial charge is 0.314 e. The highest BCUT2D eigenvalue weighted by atomic mass is 32.2. The summed E-state index contributed by atoms with van der Waals surface area (Å²) < 4.78 is 12.8. The minimum absolute atomic E-state index is 0.319. The van der Waals surface area contributed by atoms with Crippen LogP contribution in [0.3, 0.4) is 0 Å². The first-order valence-corrected chi connectivity index (χ1v) is 9.04. The molecule has 3 heteroatoms. The van der Waals surface area contributed by atoms with Crippen molar-refractivity contribution in [3.05, 3.63) is 29.3 Å². The molecule has 20 heavy (non-hydrogen) atoms. The van der Waals surface area contributed by atoms with E-state index >= 15 is 0 Å². The summed E-state index contributed by atoms with van der Waals surface area (Å²) in [5.74, 6) is 0. The van der Waals surface area contributed by atoms with Crippen molar-refractivity contribution >= 4 is 10.8 Å². The maximum atomic E-state index is 12.8.